The van der Waals surface area contributed by atoms with Crippen molar-refractivity contribution in [3.8, 4) is 0 Å². The highest BCUT2D eigenvalue weighted by atomic mass is 35.5. The molecule has 1 aliphatic heterocycles. The Morgan fingerprint density at radius 2 is 1.72 bits per heavy atom. The molecule has 0 aliphatic carbocycles. The second kappa shape index (κ2) is 12.1. The van der Waals surface area contributed by atoms with Crippen LogP contribution in [0.25, 0.3) is 0 Å². The van der Waals surface area contributed by atoms with E-state index in [-0.39, 0.29) is 39.4 Å². The van der Waals surface area contributed by atoms with Crippen LogP contribution in [-0.4, -0.2) is 59.1 Å². The summed E-state index contributed by atoms with van der Waals surface area (Å²) in [6.45, 7) is 7.23. The van der Waals surface area contributed by atoms with Crippen LogP contribution in [0.5, 0.6) is 0 Å². The van der Waals surface area contributed by atoms with Gasteiger partial charge in [0.1, 0.15) is 11.4 Å². The molecule has 206 valence electrons. The number of likely N-dealkylation sites (N-methyl/N-ethyl adjacent to an activating group) is 1. The fourth-order valence-corrected chi connectivity index (χ4v) is 5.44. The van der Waals surface area contributed by atoms with Crippen LogP contribution in [0.3, 0.4) is 0 Å². The third-order valence-corrected chi connectivity index (χ3v) is 7.63. The number of carboxylic acids is 1. The summed E-state index contributed by atoms with van der Waals surface area (Å²) in [4.78, 5) is 57.6. The molecule has 3 aromatic rings. The second-order valence-corrected chi connectivity index (χ2v) is 10.2. The van der Waals surface area contributed by atoms with Gasteiger partial charge in [-0.05, 0) is 37.2 Å². The summed E-state index contributed by atoms with van der Waals surface area (Å²) < 4.78 is 0. The van der Waals surface area contributed by atoms with Crippen molar-refractivity contribution in [1.29, 1.82) is 0 Å². The highest BCUT2D eigenvalue weighted by Gasteiger charge is 2.34. The number of amides is 1. The van der Waals surface area contributed by atoms with Gasteiger partial charge in [-0.2, -0.15) is 0 Å². The number of aromatic nitrogens is 1. The molecule has 1 aromatic heterocycles. The number of aliphatic carboxylic acids is 1. The Bertz CT molecular complexity index is 1410. The summed E-state index contributed by atoms with van der Waals surface area (Å²) in [5.41, 5.74) is 0.274. The molecule has 1 fully saturated rings. The van der Waals surface area contributed by atoms with E-state index >= 15 is 0 Å². The molecule has 2 heterocycles. The molecule has 1 aliphatic rings. The Morgan fingerprint density at radius 1 is 1.08 bits per heavy atom. The van der Waals surface area contributed by atoms with Gasteiger partial charge in [0.2, 0.25) is 0 Å². The average Bonchev–Trinajstić information content (AvgIpc) is 3.39. The largest absolute Gasteiger partial charge is 0.481 e. The topological polar surface area (TPSA) is 132 Å². The van der Waals surface area contributed by atoms with Gasteiger partial charge in [0.05, 0.1) is 28.2 Å². The zero-order chi connectivity index (χ0) is 28.3. The third kappa shape index (κ3) is 6.08. The molecule has 3 N–H and O–H groups in total. The minimum absolute atomic E-state index is 0.134. The van der Waals surface area contributed by atoms with Gasteiger partial charge in [0.25, 0.3) is 16.8 Å². The van der Waals surface area contributed by atoms with Gasteiger partial charge in [0, 0.05) is 37.1 Å². The predicted molar refractivity (Wildman–Crippen MR) is 152 cm³/mol. The molecular formula is C27H29Cl2N5O5. The number of nitrogens with zero attached hydrogens (tertiary/aromatic N) is 3. The summed E-state index contributed by atoms with van der Waals surface area (Å²) in [5.74, 6) is -1.56. The summed E-state index contributed by atoms with van der Waals surface area (Å²) >= 11 is 12.2. The Morgan fingerprint density at radius 3 is 2.31 bits per heavy atom. The van der Waals surface area contributed by atoms with E-state index in [2.05, 4.69) is 34.4 Å². The summed E-state index contributed by atoms with van der Waals surface area (Å²) in [7, 11) is 0. The number of anilines is 3. The number of hydrogen-bond donors (Lipinski definition) is 3. The molecule has 4 rings (SSSR count). The van der Waals surface area contributed by atoms with Crippen molar-refractivity contribution < 1.29 is 14.7 Å². The maximum absolute atomic E-state index is 12.7. The summed E-state index contributed by atoms with van der Waals surface area (Å²) in [6, 6.07) is 5.74. The smallest absolute Gasteiger partial charge is 0.305 e. The van der Waals surface area contributed by atoms with E-state index < -0.39 is 28.8 Å². The van der Waals surface area contributed by atoms with Crippen LogP contribution in [0, 0.1) is 0 Å². The molecule has 2 aromatic carbocycles. The standard InChI is InChI=1S/C27H29Cl2N5O5/c1-3-33(4-2)17-9-10-34(14-17)24-23(25(37)26(24)38)31-20(11-21(35)36)15-5-7-16(8-6-15)27(39)32-22-18(28)12-30-13-19(22)29/h5-8,12-13,17,20,31H,3-4,9-11,14H2,1-2H3,(H,35,36)(H,30,32,39). The van der Waals surface area contributed by atoms with E-state index in [0.717, 1.165) is 19.5 Å². The van der Waals surface area contributed by atoms with Crippen LogP contribution in [0.15, 0.2) is 46.2 Å². The second-order valence-electron chi connectivity index (χ2n) is 9.34. The maximum Gasteiger partial charge on any atom is 0.305 e. The van der Waals surface area contributed by atoms with E-state index in [1.165, 1.54) is 24.5 Å². The highest BCUT2D eigenvalue weighted by molar-refractivity contribution is 6.39. The van der Waals surface area contributed by atoms with Crippen molar-refractivity contribution in [1.82, 2.24) is 9.88 Å². The van der Waals surface area contributed by atoms with Crippen molar-refractivity contribution in [3.05, 3.63) is 78.3 Å². The van der Waals surface area contributed by atoms with Crippen LogP contribution < -0.4 is 26.4 Å². The summed E-state index contributed by atoms with van der Waals surface area (Å²) in [6.07, 6.45) is 3.25. The first-order chi connectivity index (χ1) is 18.6. The first-order valence-corrected chi connectivity index (χ1v) is 13.4. The number of pyridine rings is 1. The molecule has 12 heteroatoms. The third-order valence-electron chi connectivity index (χ3n) is 7.06. The number of carbonyl (C=O) groups is 2. The molecule has 2 unspecified atom stereocenters. The molecule has 0 spiro atoms. The Kier molecular flexibility index (Phi) is 8.89. The minimum Gasteiger partial charge on any atom is -0.481 e. The number of carbonyl (C=O) groups excluding carboxylic acids is 1. The van der Waals surface area contributed by atoms with Crippen molar-refractivity contribution >= 4 is 52.1 Å². The summed E-state index contributed by atoms with van der Waals surface area (Å²) in [5, 5.41) is 15.6. The number of rotatable bonds is 11. The van der Waals surface area contributed by atoms with Crippen molar-refractivity contribution in [3.63, 3.8) is 0 Å². The fraction of sp³-hybridized carbons (Fsp3) is 0.370. The van der Waals surface area contributed by atoms with E-state index in [9.17, 15) is 24.3 Å². The van der Waals surface area contributed by atoms with Gasteiger partial charge >= 0.3 is 5.97 Å². The monoisotopic (exact) mass is 573 g/mol. The first kappa shape index (κ1) is 28.5. The lowest BCUT2D eigenvalue weighted by Gasteiger charge is -2.29. The van der Waals surface area contributed by atoms with Crippen LogP contribution in [-0.2, 0) is 4.79 Å². The van der Waals surface area contributed by atoms with Crippen LogP contribution in [0.4, 0.5) is 17.1 Å². The lowest BCUT2D eigenvalue weighted by atomic mass is 10.00. The zero-order valence-corrected chi connectivity index (χ0v) is 23.1. The quantitative estimate of drug-likeness (QED) is 0.293. The molecule has 1 amide bonds. The van der Waals surface area contributed by atoms with Crippen LogP contribution in [0.1, 0.15) is 48.7 Å². The molecule has 2 atom stereocenters. The van der Waals surface area contributed by atoms with Gasteiger partial charge < -0.3 is 20.6 Å². The van der Waals surface area contributed by atoms with Gasteiger partial charge in [-0.3, -0.25) is 29.1 Å². The number of benzene rings is 1. The Hall–Kier alpha value is -3.47. The highest BCUT2D eigenvalue weighted by Crippen LogP contribution is 2.32. The number of nitrogens with one attached hydrogen (secondary N) is 2. The minimum atomic E-state index is -1.08. The number of hydrogen-bond acceptors (Lipinski definition) is 8. The lowest BCUT2D eigenvalue weighted by molar-refractivity contribution is -0.137. The van der Waals surface area contributed by atoms with Gasteiger partial charge in [-0.15, -0.1) is 0 Å². The lowest BCUT2D eigenvalue weighted by Crippen LogP contribution is -2.44. The first-order valence-electron chi connectivity index (χ1n) is 12.6. The maximum atomic E-state index is 12.7. The molecule has 39 heavy (non-hydrogen) atoms. The SMILES string of the molecule is CCN(CC)C1CCN(c2c(NC(CC(=O)O)c3ccc(C(=O)Nc4c(Cl)cncc4Cl)cc3)c(=O)c2=O)C1. The fourth-order valence-electron chi connectivity index (χ4n) is 4.98. The molecule has 0 radical (unpaired) electrons. The molecule has 10 nitrogen and oxygen atoms in total. The van der Waals surface area contributed by atoms with Gasteiger partial charge in [-0.1, -0.05) is 49.2 Å². The molecule has 0 bridgehead atoms. The van der Waals surface area contributed by atoms with Gasteiger partial charge in [0.15, 0.2) is 0 Å². The average molecular weight is 574 g/mol. The van der Waals surface area contributed by atoms with Gasteiger partial charge in [-0.25, -0.2) is 0 Å². The normalized spacial score (nSPS) is 16.0. The number of carboxylic acid groups (broad SMARTS) is 1. The van der Waals surface area contributed by atoms with Crippen LogP contribution in [0.2, 0.25) is 10.0 Å². The van der Waals surface area contributed by atoms with E-state index in [1.807, 2.05) is 4.90 Å². The van der Waals surface area contributed by atoms with E-state index in [1.54, 1.807) is 12.1 Å². The zero-order valence-electron chi connectivity index (χ0n) is 21.5. The van der Waals surface area contributed by atoms with E-state index in [0.29, 0.717) is 24.3 Å². The Balaban J connectivity index is 1.53. The molecule has 1 saturated heterocycles. The molecular weight excluding hydrogens is 545 g/mol. The van der Waals surface area contributed by atoms with Crippen molar-refractivity contribution in [2.45, 2.75) is 38.8 Å². The van der Waals surface area contributed by atoms with E-state index in [4.69, 9.17) is 23.2 Å². The number of halogens is 2. The van der Waals surface area contributed by atoms with Crippen LogP contribution >= 0.6 is 23.2 Å². The predicted octanol–water partition coefficient (Wildman–Crippen LogP) is 3.79. The molecule has 0 saturated carbocycles. The van der Waals surface area contributed by atoms with Crippen molar-refractivity contribution in [2.75, 3.05) is 41.7 Å². The van der Waals surface area contributed by atoms with Crippen molar-refractivity contribution in [2.24, 2.45) is 0 Å². The Labute approximate surface area is 235 Å².